The van der Waals surface area contributed by atoms with Crippen LogP contribution >= 0.6 is 15.9 Å². The van der Waals surface area contributed by atoms with Crippen LogP contribution in [-0.4, -0.2) is 31.7 Å². The van der Waals surface area contributed by atoms with Crippen molar-refractivity contribution in [3.05, 3.63) is 45.6 Å². The van der Waals surface area contributed by atoms with Gasteiger partial charge in [-0.25, -0.2) is 4.79 Å². The fourth-order valence-electron chi connectivity index (χ4n) is 2.61. The first-order chi connectivity index (χ1) is 11.0. The number of carbonyl (C=O) groups is 2. The van der Waals surface area contributed by atoms with Gasteiger partial charge in [-0.3, -0.25) is 4.79 Å². The van der Waals surface area contributed by atoms with Crippen molar-refractivity contribution in [1.82, 2.24) is 5.32 Å². The molecule has 0 aromatic heterocycles. The molecule has 2 rings (SSSR count). The molecule has 1 aliphatic rings. The number of rotatable bonds is 6. The summed E-state index contributed by atoms with van der Waals surface area (Å²) in [4.78, 5) is 24.4. The maximum absolute atomic E-state index is 12.5. The summed E-state index contributed by atoms with van der Waals surface area (Å²) in [5, 5.41) is 2.72. The number of benzene rings is 1. The van der Waals surface area contributed by atoms with Crippen molar-refractivity contribution < 1.29 is 19.1 Å². The third kappa shape index (κ3) is 4.42. The second-order valence-electron chi connectivity index (χ2n) is 5.20. The van der Waals surface area contributed by atoms with Gasteiger partial charge in [-0.15, -0.1) is 0 Å². The molecule has 0 bridgehead atoms. The fraction of sp³-hybridized carbons (Fsp3) is 0.412. The van der Waals surface area contributed by atoms with Crippen LogP contribution < -0.4 is 5.32 Å². The summed E-state index contributed by atoms with van der Waals surface area (Å²) in [5.41, 5.74) is 1.94. The van der Waals surface area contributed by atoms with Crippen LogP contribution in [0, 0.1) is 0 Å². The number of amides is 1. The molecule has 1 heterocycles. The largest absolute Gasteiger partial charge is 0.460 e. The summed E-state index contributed by atoms with van der Waals surface area (Å²) in [6, 6.07) is 7.59. The van der Waals surface area contributed by atoms with E-state index in [1.165, 1.54) is 0 Å². The minimum Gasteiger partial charge on any atom is -0.460 e. The zero-order valence-electron chi connectivity index (χ0n) is 13.2. The Bertz CT molecular complexity index is 627. The van der Waals surface area contributed by atoms with Gasteiger partial charge in [-0.1, -0.05) is 34.1 Å². The number of allylic oxidation sites excluding steroid dienone is 1. The van der Waals surface area contributed by atoms with Crippen molar-refractivity contribution in [3.8, 4) is 0 Å². The number of hydrogen-bond donors (Lipinski definition) is 1. The van der Waals surface area contributed by atoms with E-state index < -0.39 is 5.97 Å². The van der Waals surface area contributed by atoms with E-state index in [-0.39, 0.29) is 24.9 Å². The highest BCUT2D eigenvalue weighted by atomic mass is 79.9. The highest BCUT2D eigenvalue weighted by Crippen LogP contribution is 2.36. The van der Waals surface area contributed by atoms with Gasteiger partial charge in [0.1, 0.15) is 6.61 Å². The van der Waals surface area contributed by atoms with Crippen LogP contribution in [0.15, 0.2) is 40.0 Å². The Hall–Kier alpha value is -1.66. The minimum atomic E-state index is -0.414. The van der Waals surface area contributed by atoms with Gasteiger partial charge in [0.15, 0.2) is 0 Å². The van der Waals surface area contributed by atoms with Crippen molar-refractivity contribution in [2.45, 2.75) is 26.2 Å². The van der Waals surface area contributed by atoms with Crippen LogP contribution in [0.1, 0.15) is 31.7 Å². The van der Waals surface area contributed by atoms with E-state index >= 15 is 0 Å². The van der Waals surface area contributed by atoms with Crippen LogP contribution in [0.25, 0.3) is 0 Å². The normalized spacial score (nSPS) is 17.9. The Morgan fingerprint density at radius 3 is 2.78 bits per heavy atom. The van der Waals surface area contributed by atoms with E-state index in [9.17, 15) is 9.59 Å². The average Bonchev–Trinajstić information content (AvgIpc) is 2.51. The first kappa shape index (κ1) is 17.7. The molecule has 0 radical (unpaired) electrons. The molecular formula is C17H20BrNO4. The Labute approximate surface area is 144 Å². The Morgan fingerprint density at radius 2 is 2.09 bits per heavy atom. The molecule has 23 heavy (non-hydrogen) atoms. The number of esters is 1. The zero-order chi connectivity index (χ0) is 16.8. The third-order valence-electron chi connectivity index (χ3n) is 3.63. The molecule has 6 heteroatoms. The number of hydrogen-bond acceptors (Lipinski definition) is 4. The van der Waals surface area contributed by atoms with E-state index in [1.54, 1.807) is 6.92 Å². The lowest BCUT2D eigenvalue weighted by Gasteiger charge is -2.27. The Balaban J connectivity index is 2.25. The molecule has 0 aliphatic carbocycles. The van der Waals surface area contributed by atoms with Gasteiger partial charge in [-0.2, -0.15) is 0 Å². The predicted molar refractivity (Wildman–Crippen MR) is 89.8 cm³/mol. The second kappa shape index (κ2) is 8.26. The lowest BCUT2D eigenvalue weighted by atomic mass is 9.84. The van der Waals surface area contributed by atoms with E-state index in [2.05, 4.69) is 21.2 Å². The van der Waals surface area contributed by atoms with Gasteiger partial charge in [0.2, 0.25) is 5.91 Å². The van der Waals surface area contributed by atoms with E-state index in [4.69, 9.17) is 9.47 Å². The molecule has 1 N–H and O–H groups in total. The maximum Gasteiger partial charge on any atom is 0.336 e. The number of carbonyl (C=O) groups excluding carboxylic acids is 2. The second-order valence-corrected chi connectivity index (χ2v) is 6.05. The smallest absolute Gasteiger partial charge is 0.336 e. The molecule has 5 nitrogen and oxygen atoms in total. The van der Waals surface area contributed by atoms with Gasteiger partial charge in [-0.05, 0) is 25.5 Å². The van der Waals surface area contributed by atoms with Crippen LogP contribution in [0.5, 0.6) is 0 Å². The average molecular weight is 382 g/mol. The summed E-state index contributed by atoms with van der Waals surface area (Å²) < 4.78 is 11.3. The first-order valence-corrected chi connectivity index (χ1v) is 8.33. The summed E-state index contributed by atoms with van der Waals surface area (Å²) in [6.07, 6.45) is 0.218. The zero-order valence-corrected chi connectivity index (χ0v) is 14.8. The highest BCUT2D eigenvalue weighted by Gasteiger charge is 2.33. The van der Waals surface area contributed by atoms with Gasteiger partial charge in [0.25, 0.3) is 0 Å². The maximum atomic E-state index is 12.5. The minimum absolute atomic E-state index is 0.103. The lowest BCUT2D eigenvalue weighted by molar-refractivity contribution is -0.141. The lowest BCUT2D eigenvalue weighted by Crippen LogP contribution is -2.34. The van der Waals surface area contributed by atoms with Gasteiger partial charge in [0.05, 0.1) is 12.2 Å². The molecule has 1 aromatic carbocycles. The third-order valence-corrected chi connectivity index (χ3v) is 4.36. The van der Waals surface area contributed by atoms with Gasteiger partial charge < -0.3 is 14.8 Å². The molecule has 1 amide bonds. The van der Waals surface area contributed by atoms with Gasteiger partial charge >= 0.3 is 5.97 Å². The van der Waals surface area contributed by atoms with Crippen LogP contribution in [0.3, 0.4) is 0 Å². The van der Waals surface area contributed by atoms with E-state index in [0.29, 0.717) is 24.5 Å². The van der Waals surface area contributed by atoms with Crippen LogP contribution in [-0.2, 0) is 19.1 Å². The molecule has 1 aliphatic heterocycles. The molecule has 1 aromatic rings. The van der Waals surface area contributed by atoms with Crippen molar-refractivity contribution in [2.75, 3.05) is 19.8 Å². The Morgan fingerprint density at radius 1 is 1.35 bits per heavy atom. The molecular weight excluding hydrogens is 362 g/mol. The molecule has 0 saturated heterocycles. The number of nitrogens with one attached hydrogen (secondary N) is 1. The summed E-state index contributed by atoms with van der Waals surface area (Å²) in [7, 11) is 0. The predicted octanol–water partition coefficient (Wildman–Crippen LogP) is 2.91. The van der Waals surface area contributed by atoms with Gasteiger partial charge in [0, 0.05) is 29.1 Å². The molecule has 0 spiro atoms. The highest BCUT2D eigenvalue weighted by molar-refractivity contribution is 9.10. The van der Waals surface area contributed by atoms with E-state index in [1.807, 2.05) is 31.2 Å². The van der Waals surface area contributed by atoms with Crippen molar-refractivity contribution in [3.63, 3.8) is 0 Å². The molecule has 0 fully saturated rings. The summed E-state index contributed by atoms with van der Waals surface area (Å²) >= 11 is 3.50. The van der Waals surface area contributed by atoms with Crippen LogP contribution in [0.2, 0.25) is 0 Å². The number of halogens is 1. The topological polar surface area (TPSA) is 64.6 Å². The Kier molecular flexibility index (Phi) is 6.36. The van der Waals surface area contributed by atoms with E-state index in [0.717, 1.165) is 10.0 Å². The molecule has 1 atom stereocenters. The molecule has 1 unspecified atom stereocenters. The van der Waals surface area contributed by atoms with Crippen molar-refractivity contribution in [1.29, 1.82) is 0 Å². The first-order valence-electron chi connectivity index (χ1n) is 7.54. The SMILES string of the molecule is CCOCCOC(=O)C1=C(C)NC(=O)CC1c1ccccc1Br. The van der Waals surface area contributed by atoms with Crippen molar-refractivity contribution in [2.24, 2.45) is 0 Å². The molecule has 0 saturated carbocycles. The van der Waals surface area contributed by atoms with Crippen LogP contribution in [0.4, 0.5) is 0 Å². The van der Waals surface area contributed by atoms with Crippen molar-refractivity contribution >= 4 is 27.8 Å². The molecule has 124 valence electrons. The number of ether oxygens (including phenoxy) is 2. The summed E-state index contributed by atoms with van der Waals surface area (Å²) in [5.74, 6) is -0.837. The fourth-order valence-corrected chi connectivity index (χ4v) is 3.17. The quantitative estimate of drug-likeness (QED) is 0.607. The monoisotopic (exact) mass is 381 g/mol. The standard InChI is InChI=1S/C17H20BrNO4/c1-3-22-8-9-23-17(21)16-11(2)19-15(20)10-13(16)12-6-4-5-7-14(12)18/h4-7,13H,3,8-10H2,1-2H3,(H,19,20). The summed E-state index contributed by atoms with van der Waals surface area (Å²) in [6.45, 7) is 4.74.